The molecule has 6 heteroatoms. The molecular formula is C22H44Cl2O3P+. The van der Waals surface area contributed by atoms with Crippen LogP contribution in [0, 0.1) is 0 Å². The summed E-state index contributed by atoms with van der Waals surface area (Å²) in [6.45, 7) is 9.47. The molecule has 0 heterocycles. The first-order valence-electron chi connectivity index (χ1n) is 11.5. The summed E-state index contributed by atoms with van der Waals surface area (Å²) < 4.78 is 23.0. The van der Waals surface area contributed by atoms with E-state index in [1.165, 1.54) is 0 Å². The van der Waals surface area contributed by atoms with Crippen molar-refractivity contribution in [3.05, 3.63) is 0 Å². The van der Waals surface area contributed by atoms with Gasteiger partial charge in [0.15, 0.2) is 0 Å². The van der Waals surface area contributed by atoms with E-state index in [9.17, 15) is 4.57 Å². The maximum Gasteiger partial charge on any atom is 0.697 e. The zero-order chi connectivity index (χ0) is 21.3. The summed E-state index contributed by atoms with van der Waals surface area (Å²) in [4.78, 5) is -0.485. The highest BCUT2D eigenvalue weighted by Crippen LogP contribution is 2.36. The van der Waals surface area contributed by atoms with Crippen molar-refractivity contribution in [2.24, 2.45) is 0 Å². The fourth-order valence-corrected chi connectivity index (χ4v) is 4.61. The van der Waals surface area contributed by atoms with E-state index in [0.29, 0.717) is 26.1 Å². The third-order valence-electron chi connectivity index (χ3n) is 5.41. The fraction of sp³-hybridized carbons (Fsp3) is 1.00. The van der Waals surface area contributed by atoms with Crippen LogP contribution in [0.3, 0.4) is 0 Å². The molecule has 0 saturated carbocycles. The van der Waals surface area contributed by atoms with E-state index < -0.39 is 8.25 Å². The summed E-state index contributed by atoms with van der Waals surface area (Å²) in [6.07, 6.45) is 14.3. The third-order valence-corrected chi connectivity index (χ3v) is 7.33. The topological polar surface area (TPSA) is 35.5 Å². The monoisotopic (exact) mass is 457 g/mol. The van der Waals surface area contributed by atoms with E-state index in [4.69, 9.17) is 32.2 Å². The predicted molar refractivity (Wildman–Crippen MR) is 124 cm³/mol. The van der Waals surface area contributed by atoms with Crippen molar-refractivity contribution in [1.82, 2.24) is 0 Å². The van der Waals surface area contributed by atoms with Crippen molar-refractivity contribution in [2.45, 2.75) is 127 Å². The predicted octanol–water partition coefficient (Wildman–Crippen LogP) is 9.17. The second-order valence-electron chi connectivity index (χ2n) is 8.11. The molecule has 0 amide bonds. The van der Waals surface area contributed by atoms with Gasteiger partial charge in [0.1, 0.15) is 13.2 Å². The van der Waals surface area contributed by atoms with Crippen LogP contribution in [-0.2, 0) is 13.6 Å². The van der Waals surface area contributed by atoms with Gasteiger partial charge < -0.3 is 0 Å². The molecule has 0 aliphatic rings. The molecule has 0 fully saturated rings. The zero-order valence-corrected chi connectivity index (χ0v) is 21.1. The highest BCUT2D eigenvalue weighted by atomic mass is 35.5. The summed E-state index contributed by atoms with van der Waals surface area (Å²) in [5.74, 6) is 0. The first-order valence-corrected chi connectivity index (χ1v) is 13.3. The van der Waals surface area contributed by atoms with Crippen molar-refractivity contribution < 1.29 is 13.6 Å². The summed E-state index contributed by atoms with van der Waals surface area (Å²) >= 11 is 13.6. The molecule has 0 bridgehead atoms. The van der Waals surface area contributed by atoms with Gasteiger partial charge in [0.2, 0.25) is 0 Å². The second kappa shape index (κ2) is 17.3. The molecule has 0 spiro atoms. The molecule has 3 nitrogen and oxygen atoms in total. The Morgan fingerprint density at radius 3 is 1.14 bits per heavy atom. The van der Waals surface area contributed by atoms with Crippen LogP contribution in [0.1, 0.15) is 118 Å². The molecule has 0 atom stereocenters. The van der Waals surface area contributed by atoms with Crippen LogP contribution in [0.25, 0.3) is 0 Å². The van der Waals surface area contributed by atoms with Crippen molar-refractivity contribution in [3.8, 4) is 0 Å². The van der Waals surface area contributed by atoms with Gasteiger partial charge in [-0.1, -0.05) is 79.1 Å². The minimum absolute atomic E-state index is 0.242. The number of halogens is 2. The number of rotatable bonds is 20. The van der Waals surface area contributed by atoms with Gasteiger partial charge in [0.05, 0.1) is 0 Å². The van der Waals surface area contributed by atoms with Gasteiger partial charge in [-0.3, -0.25) is 0 Å². The molecule has 0 radical (unpaired) electrons. The Balaban J connectivity index is 4.26. The van der Waals surface area contributed by atoms with Gasteiger partial charge in [-0.15, -0.1) is 32.2 Å². The molecule has 28 heavy (non-hydrogen) atoms. The first-order chi connectivity index (χ1) is 13.3. The van der Waals surface area contributed by atoms with Crippen LogP contribution in [0.15, 0.2) is 0 Å². The van der Waals surface area contributed by atoms with Gasteiger partial charge >= 0.3 is 8.25 Å². The Bertz CT molecular complexity index is 344. The lowest BCUT2D eigenvalue weighted by molar-refractivity contribution is 0.201. The summed E-state index contributed by atoms with van der Waals surface area (Å²) in [5.41, 5.74) is 0. The van der Waals surface area contributed by atoms with Crippen molar-refractivity contribution in [3.63, 3.8) is 0 Å². The van der Waals surface area contributed by atoms with E-state index >= 15 is 0 Å². The highest BCUT2D eigenvalue weighted by Gasteiger charge is 2.31. The fourth-order valence-electron chi connectivity index (χ4n) is 3.37. The van der Waals surface area contributed by atoms with Crippen LogP contribution in [0.4, 0.5) is 0 Å². The van der Waals surface area contributed by atoms with Crippen LogP contribution < -0.4 is 0 Å². The van der Waals surface area contributed by atoms with E-state index in [2.05, 4.69) is 27.7 Å². The molecule has 0 unspecified atom stereocenters. The average molecular weight is 458 g/mol. The lowest BCUT2D eigenvalue weighted by atomic mass is 9.92. The Labute approximate surface area is 185 Å². The third kappa shape index (κ3) is 14.6. The van der Waals surface area contributed by atoms with Gasteiger partial charge in [0, 0.05) is 14.3 Å². The molecule has 0 aromatic carbocycles. The SMILES string of the molecule is CCCCC(Cl)(CCCC)CCO[P+](=O)OCCC(Cl)(CCCC)CCCC. The van der Waals surface area contributed by atoms with E-state index in [-0.39, 0.29) is 9.75 Å². The van der Waals surface area contributed by atoms with Gasteiger partial charge in [-0.25, -0.2) is 0 Å². The summed E-state index contributed by atoms with van der Waals surface area (Å²) in [7, 11) is -2.11. The lowest BCUT2D eigenvalue weighted by Crippen LogP contribution is -2.24. The molecule has 0 N–H and O–H groups in total. The molecule has 0 saturated heterocycles. The van der Waals surface area contributed by atoms with E-state index in [0.717, 1.165) is 77.0 Å². The highest BCUT2D eigenvalue weighted by molar-refractivity contribution is 7.33. The molecule has 168 valence electrons. The standard InChI is InChI=1S/C22H44Cl2O3P/c1-5-9-13-21(23,14-10-6-2)17-19-26-28(25)27-20-18-22(24,15-11-7-3)16-12-8-4/h5-20H2,1-4H3/q+1. The number of unbranched alkanes of at least 4 members (excludes halogenated alkanes) is 4. The Kier molecular flexibility index (Phi) is 17.7. The Hall–Kier alpha value is 0.600. The maximum atomic E-state index is 12.1. The van der Waals surface area contributed by atoms with Crippen LogP contribution in [0.5, 0.6) is 0 Å². The Morgan fingerprint density at radius 2 is 0.893 bits per heavy atom. The zero-order valence-electron chi connectivity index (χ0n) is 18.7. The summed E-state index contributed by atoms with van der Waals surface area (Å²) in [5, 5.41) is 0. The molecule has 0 rings (SSSR count). The smallest absolute Gasteiger partial charge is 0.119 e. The number of alkyl halides is 2. The van der Waals surface area contributed by atoms with E-state index in [1.807, 2.05) is 0 Å². The van der Waals surface area contributed by atoms with Crippen molar-refractivity contribution in [2.75, 3.05) is 13.2 Å². The largest absolute Gasteiger partial charge is 0.697 e. The molecule has 0 aromatic rings. The lowest BCUT2D eigenvalue weighted by Gasteiger charge is -2.26. The van der Waals surface area contributed by atoms with Crippen LogP contribution >= 0.6 is 31.5 Å². The summed E-state index contributed by atoms with van der Waals surface area (Å²) in [6, 6.07) is 0. The maximum absolute atomic E-state index is 12.1. The average Bonchev–Trinajstić information content (AvgIpc) is 2.68. The quantitative estimate of drug-likeness (QED) is 0.135. The normalized spacial score (nSPS) is 12.5. The molecule has 0 aromatic heterocycles. The van der Waals surface area contributed by atoms with Crippen molar-refractivity contribution >= 4 is 31.5 Å². The van der Waals surface area contributed by atoms with Gasteiger partial charge in [-0.2, -0.15) is 0 Å². The van der Waals surface area contributed by atoms with Crippen LogP contribution in [0.2, 0.25) is 0 Å². The molecule has 0 aliphatic heterocycles. The molecular weight excluding hydrogens is 414 g/mol. The minimum Gasteiger partial charge on any atom is -0.119 e. The number of hydrogen-bond donors (Lipinski definition) is 0. The first kappa shape index (κ1) is 28.6. The van der Waals surface area contributed by atoms with Crippen LogP contribution in [-0.4, -0.2) is 23.0 Å². The second-order valence-corrected chi connectivity index (χ2v) is 10.7. The minimum atomic E-state index is -2.11. The van der Waals surface area contributed by atoms with Gasteiger partial charge in [0.25, 0.3) is 0 Å². The van der Waals surface area contributed by atoms with Gasteiger partial charge in [-0.05, 0) is 38.5 Å². The van der Waals surface area contributed by atoms with E-state index in [1.54, 1.807) is 0 Å². The Morgan fingerprint density at radius 1 is 0.607 bits per heavy atom. The molecule has 0 aliphatic carbocycles. The van der Waals surface area contributed by atoms with Crippen molar-refractivity contribution in [1.29, 1.82) is 0 Å². The number of hydrogen-bond acceptors (Lipinski definition) is 3.